The van der Waals surface area contributed by atoms with Crippen LogP contribution in [0.4, 0.5) is 0 Å². The lowest BCUT2D eigenvalue weighted by atomic mass is 10.3. The summed E-state index contributed by atoms with van der Waals surface area (Å²) in [5.74, 6) is 0.476. The van der Waals surface area contributed by atoms with Crippen LogP contribution in [0.3, 0.4) is 0 Å². The fourth-order valence-corrected chi connectivity index (χ4v) is 2.94. The Labute approximate surface area is 107 Å². The van der Waals surface area contributed by atoms with Gasteiger partial charge in [0.25, 0.3) is 0 Å². The van der Waals surface area contributed by atoms with Crippen molar-refractivity contribution in [2.24, 2.45) is 0 Å². The van der Waals surface area contributed by atoms with Gasteiger partial charge in [0, 0.05) is 5.69 Å². The molecule has 0 aliphatic rings. The molecular formula is C13H14N2O2S. The van der Waals surface area contributed by atoms with Crippen LogP contribution in [0.5, 0.6) is 0 Å². The summed E-state index contributed by atoms with van der Waals surface area (Å²) in [7, 11) is -3.55. The molecule has 2 rings (SSSR count). The van der Waals surface area contributed by atoms with Gasteiger partial charge < -0.3 is 0 Å². The lowest BCUT2D eigenvalue weighted by Crippen LogP contribution is -2.07. The van der Waals surface area contributed by atoms with Gasteiger partial charge in [-0.2, -0.15) is 0 Å². The van der Waals surface area contributed by atoms with Crippen LogP contribution < -0.4 is 0 Å². The summed E-state index contributed by atoms with van der Waals surface area (Å²) >= 11 is 0. The molecule has 0 atom stereocenters. The predicted molar refractivity (Wildman–Crippen MR) is 68.0 cm³/mol. The summed E-state index contributed by atoms with van der Waals surface area (Å²) in [6.45, 7) is 3.63. The molecule has 0 saturated heterocycles. The lowest BCUT2D eigenvalue weighted by molar-refractivity contribution is 0.590. The molecule has 0 bridgehead atoms. The van der Waals surface area contributed by atoms with Crippen LogP contribution in [-0.2, 0) is 16.3 Å². The Kier molecular flexibility index (Phi) is 3.43. The lowest BCUT2D eigenvalue weighted by Gasteiger charge is -2.06. The molecular weight excluding hydrogens is 248 g/mol. The second kappa shape index (κ2) is 4.86. The van der Waals surface area contributed by atoms with E-state index >= 15 is 0 Å². The molecule has 1 aromatic carbocycles. The smallest absolute Gasteiger partial charge is 0.223 e. The molecule has 0 fully saturated rings. The van der Waals surface area contributed by atoms with E-state index in [1.807, 2.05) is 6.92 Å². The van der Waals surface area contributed by atoms with Gasteiger partial charge in [0.1, 0.15) is 5.82 Å². The standard InChI is InChI=1S/C13H14N2O2S/c1-3-11-9-13(15-10(2)14-11)18(16,17)12-7-5-4-6-8-12/h4-9H,3H2,1-2H3. The first kappa shape index (κ1) is 12.7. The maximum atomic E-state index is 12.4. The van der Waals surface area contributed by atoms with Crippen LogP contribution in [0.2, 0.25) is 0 Å². The number of aromatic nitrogens is 2. The SMILES string of the molecule is CCc1cc(S(=O)(=O)c2ccccc2)nc(C)n1. The van der Waals surface area contributed by atoms with Crippen LogP contribution in [0, 0.1) is 6.92 Å². The van der Waals surface area contributed by atoms with Crippen molar-refractivity contribution in [2.75, 3.05) is 0 Å². The zero-order chi connectivity index (χ0) is 13.2. The number of sulfone groups is 1. The van der Waals surface area contributed by atoms with E-state index in [9.17, 15) is 8.42 Å². The zero-order valence-corrected chi connectivity index (χ0v) is 11.1. The summed E-state index contributed by atoms with van der Waals surface area (Å²) < 4.78 is 24.7. The van der Waals surface area contributed by atoms with E-state index in [0.29, 0.717) is 12.2 Å². The van der Waals surface area contributed by atoms with Gasteiger partial charge in [0.05, 0.1) is 4.90 Å². The number of aryl methyl sites for hydroxylation is 2. The van der Waals surface area contributed by atoms with Gasteiger partial charge in [-0.1, -0.05) is 25.1 Å². The largest absolute Gasteiger partial charge is 0.238 e. The van der Waals surface area contributed by atoms with E-state index in [4.69, 9.17) is 0 Å². The average Bonchev–Trinajstić information content (AvgIpc) is 2.39. The Morgan fingerprint density at radius 3 is 2.39 bits per heavy atom. The predicted octanol–water partition coefficient (Wildman–Crippen LogP) is 2.18. The second-order valence-electron chi connectivity index (χ2n) is 3.91. The Balaban J connectivity index is 2.58. The van der Waals surface area contributed by atoms with Crippen molar-refractivity contribution < 1.29 is 8.42 Å². The highest BCUT2D eigenvalue weighted by molar-refractivity contribution is 7.91. The van der Waals surface area contributed by atoms with E-state index in [2.05, 4.69) is 9.97 Å². The summed E-state index contributed by atoms with van der Waals surface area (Å²) in [4.78, 5) is 8.47. The minimum atomic E-state index is -3.55. The summed E-state index contributed by atoms with van der Waals surface area (Å²) in [5.41, 5.74) is 0.733. The van der Waals surface area contributed by atoms with Crippen LogP contribution >= 0.6 is 0 Å². The molecule has 2 aromatic rings. The van der Waals surface area contributed by atoms with Crippen molar-refractivity contribution in [2.45, 2.75) is 30.2 Å². The molecule has 0 N–H and O–H groups in total. The molecule has 0 saturated carbocycles. The zero-order valence-electron chi connectivity index (χ0n) is 10.3. The highest BCUT2D eigenvalue weighted by Gasteiger charge is 2.20. The molecule has 1 aromatic heterocycles. The number of hydrogen-bond acceptors (Lipinski definition) is 4. The van der Waals surface area contributed by atoms with Crippen molar-refractivity contribution in [1.29, 1.82) is 0 Å². The van der Waals surface area contributed by atoms with E-state index in [0.717, 1.165) is 5.69 Å². The third kappa shape index (κ3) is 2.41. The minimum absolute atomic E-state index is 0.0676. The number of benzene rings is 1. The minimum Gasteiger partial charge on any atom is -0.238 e. The topological polar surface area (TPSA) is 59.9 Å². The first-order valence-corrected chi connectivity index (χ1v) is 7.17. The number of rotatable bonds is 3. The summed E-state index contributed by atoms with van der Waals surface area (Å²) in [6, 6.07) is 9.84. The fourth-order valence-electron chi connectivity index (χ4n) is 1.64. The quantitative estimate of drug-likeness (QED) is 0.795. The Morgan fingerprint density at radius 2 is 1.78 bits per heavy atom. The maximum absolute atomic E-state index is 12.4. The van der Waals surface area contributed by atoms with Crippen LogP contribution in [0.15, 0.2) is 46.3 Å². The second-order valence-corrected chi connectivity index (χ2v) is 5.81. The molecule has 94 valence electrons. The molecule has 0 aliphatic heterocycles. The Bertz CT molecular complexity index is 652. The van der Waals surface area contributed by atoms with Crippen molar-refractivity contribution >= 4 is 9.84 Å². The van der Waals surface area contributed by atoms with Crippen molar-refractivity contribution in [3.05, 3.63) is 47.9 Å². The molecule has 0 unspecified atom stereocenters. The molecule has 0 spiro atoms. The van der Waals surface area contributed by atoms with Crippen LogP contribution in [0.25, 0.3) is 0 Å². The normalized spacial score (nSPS) is 11.4. The molecule has 4 nitrogen and oxygen atoms in total. The molecule has 0 radical (unpaired) electrons. The van der Waals surface area contributed by atoms with E-state index in [1.165, 1.54) is 6.07 Å². The fraction of sp³-hybridized carbons (Fsp3) is 0.231. The highest BCUT2D eigenvalue weighted by Crippen LogP contribution is 2.19. The molecule has 0 aliphatic carbocycles. The Hall–Kier alpha value is -1.75. The van der Waals surface area contributed by atoms with Gasteiger partial charge in [-0.3, -0.25) is 0 Å². The summed E-state index contributed by atoms with van der Waals surface area (Å²) in [5, 5.41) is 0.0676. The molecule has 5 heteroatoms. The molecule has 0 amide bonds. The van der Waals surface area contributed by atoms with E-state index < -0.39 is 9.84 Å². The molecule has 1 heterocycles. The first-order chi connectivity index (χ1) is 8.54. The summed E-state index contributed by atoms with van der Waals surface area (Å²) in [6.07, 6.45) is 0.681. The number of nitrogens with zero attached hydrogens (tertiary/aromatic N) is 2. The van der Waals surface area contributed by atoms with Gasteiger partial charge in [-0.15, -0.1) is 0 Å². The van der Waals surface area contributed by atoms with Gasteiger partial charge in [-0.25, -0.2) is 18.4 Å². The van der Waals surface area contributed by atoms with Crippen molar-refractivity contribution in [3.8, 4) is 0 Å². The maximum Gasteiger partial charge on any atom is 0.223 e. The van der Waals surface area contributed by atoms with Gasteiger partial charge in [0.2, 0.25) is 9.84 Å². The molecule has 18 heavy (non-hydrogen) atoms. The van der Waals surface area contributed by atoms with E-state index in [-0.39, 0.29) is 9.92 Å². The number of hydrogen-bond donors (Lipinski definition) is 0. The third-order valence-electron chi connectivity index (χ3n) is 2.56. The van der Waals surface area contributed by atoms with Crippen LogP contribution in [-0.4, -0.2) is 18.4 Å². The van der Waals surface area contributed by atoms with Gasteiger partial charge >= 0.3 is 0 Å². The third-order valence-corrected chi connectivity index (χ3v) is 4.21. The van der Waals surface area contributed by atoms with E-state index in [1.54, 1.807) is 37.3 Å². The van der Waals surface area contributed by atoms with Gasteiger partial charge in [-0.05, 0) is 31.5 Å². The van der Waals surface area contributed by atoms with Crippen molar-refractivity contribution in [1.82, 2.24) is 9.97 Å². The monoisotopic (exact) mass is 262 g/mol. The van der Waals surface area contributed by atoms with Crippen LogP contribution in [0.1, 0.15) is 18.4 Å². The van der Waals surface area contributed by atoms with Crippen molar-refractivity contribution in [3.63, 3.8) is 0 Å². The first-order valence-electron chi connectivity index (χ1n) is 5.68. The van der Waals surface area contributed by atoms with Gasteiger partial charge in [0.15, 0.2) is 5.03 Å². The average molecular weight is 262 g/mol. The Morgan fingerprint density at radius 1 is 1.11 bits per heavy atom. The highest BCUT2D eigenvalue weighted by atomic mass is 32.2.